The number of aryl methyl sites for hydroxylation is 3. The van der Waals surface area contributed by atoms with Crippen molar-refractivity contribution >= 4 is 22.6 Å². The van der Waals surface area contributed by atoms with Gasteiger partial charge in [-0.3, -0.25) is 9.89 Å². The molecule has 0 aliphatic carbocycles. The van der Waals surface area contributed by atoms with Crippen molar-refractivity contribution in [2.45, 2.75) is 33.2 Å². The van der Waals surface area contributed by atoms with Gasteiger partial charge in [-0.2, -0.15) is 5.10 Å². The first-order valence-corrected chi connectivity index (χ1v) is 9.64. The molecule has 0 fully saturated rings. The molecule has 2 aromatic heterocycles. The molecule has 0 aliphatic rings. The third-order valence-electron chi connectivity index (χ3n) is 5.12. The van der Waals surface area contributed by atoms with Crippen LogP contribution >= 0.6 is 0 Å². The molecule has 2 aromatic carbocycles. The van der Waals surface area contributed by atoms with Gasteiger partial charge in [-0.05, 0) is 37.5 Å². The molecule has 0 atom stereocenters. The minimum Gasteiger partial charge on any atom is -0.339 e. The second kappa shape index (κ2) is 7.72. The summed E-state index contributed by atoms with van der Waals surface area (Å²) in [5.41, 5.74) is 5.60. The summed E-state index contributed by atoms with van der Waals surface area (Å²) in [5, 5.41) is 11.5. The lowest BCUT2D eigenvalue weighted by Gasteiger charge is -2.06. The van der Waals surface area contributed by atoms with Gasteiger partial charge in [-0.1, -0.05) is 48.5 Å². The Hall–Kier alpha value is -3.34. The zero-order valence-corrected chi connectivity index (χ0v) is 16.2. The summed E-state index contributed by atoms with van der Waals surface area (Å²) in [6.45, 7) is 5.13. The molecule has 0 spiro atoms. The van der Waals surface area contributed by atoms with Gasteiger partial charge in [-0.15, -0.1) is 0 Å². The highest BCUT2D eigenvalue weighted by atomic mass is 16.1. The van der Waals surface area contributed by atoms with E-state index >= 15 is 0 Å². The standard InChI is InChI=1S/C23H24N4O/c1-3-27-20-12-8-7-11-18(20)16(2)23(27)19-15-21(26-25-19)24-22(28)14-13-17-9-5-4-6-10-17/h4-12,15H,3,13-14H2,1-2H3,(H2,24,25,26,28). The number of carbonyl (C=O) groups is 1. The first-order chi connectivity index (χ1) is 13.7. The van der Waals surface area contributed by atoms with E-state index in [1.54, 1.807) is 0 Å². The molecule has 2 N–H and O–H groups in total. The number of H-pyrrole nitrogens is 1. The van der Waals surface area contributed by atoms with E-state index in [0.29, 0.717) is 18.7 Å². The number of para-hydroxylation sites is 1. The largest absolute Gasteiger partial charge is 0.339 e. The fourth-order valence-corrected chi connectivity index (χ4v) is 3.77. The van der Waals surface area contributed by atoms with Crippen LogP contribution in [-0.2, 0) is 17.8 Å². The molecule has 0 bridgehead atoms. The van der Waals surface area contributed by atoms with Gasteiger partial charge in [-0.25, -0.2) is 0 Å². The number of hydrogen-bond acceptors (Lipinski definition) is 2. The van der Waals surface area contributed by atoms with Crippen LogP contribution in [0.1, 0.15) is 24.5 Å². The van der Waals surface area contributed by atoms with Gasteiger partial charge in [0, 0.05) is 29.9 Å². The smallest absolute Gasteiger partial charge is 0.225 e. The molecule has 2 heterocycles. The van der Waals surface area contributed by atoms with E-state index in [4.69, 9.17) is 0 Å². The Labute approximate surface area is 164 Å². The van der Waals surface area contributed by atoms with E-state index in [1.807, 2.05) is 36.4 Å². The summed E-state index contributed by atoms with van der Waals surface area (Å²) in [7, 11) is 0. The molecule has 142 valence electrons. The lowest BCUT2D eigenvalue weighted by molar-refractivity contribution is -0.116. The molecule has 1 amide bonds. The lowest BCUT2D eigenvalue weighted by Crippen LogP contribution is -2.12. The van der Waals surface area contributed by atoms with Gasteiger partial charge >= 0.3 is 0 Å². The van der Waals surface area contributed by atoms with Crippen LogP contribution in [0.25, 0.3) is 22.3 Å². The minimum absolute atomic E-state index is 0.0327. The topological polar surface area (TPSA) is 62.7 Å². The highest BCUT2D eigenvalue weighted by molar-refractivity contribution is 5.93. The number of anilines is 1. The number of nitrogens with one attached hydrogen (secondary N) is 2. The summed E-state index contributed by atoms with van der Waals surface area (Å²) in [5.74, 6) is 0.523. The van der Waals surface area contributed by atoms with Crippen LogP contribution in [0.2, 0.25) is 0 Å². The van der Waals surface area contributed by atoms with Crippen LogP contribution in [0.3, 0.4) is 0 Å². The maximum atomic E-state index is 12.3. The van der Waals surface area contributed by atoms with Gasteiger partial charge in [0.15, 0.2) is 5.82 Å². The summed E-state index contributed by atoms with van der Waals surface area (Å²) >= 11 is 0. The molecule has 0 saturated heterocycles. The molecule has 0 radical (unpaired) electrons. The normalized spacial score (nSPS) is 11.1. The first kappa shape index (κ1) is 18.0. The molecule has 4 rings (SSSR count). The summed E-state index contributed by atoms with van der Waals surface area (Å²) < 4.78 is 2.28. The Morgan fingerprint density at radius 3 is 2.64 bits per heavy atom. The van der Waals surface area contributed by atoms with E-state index < -0.39 is 0 Å². The van der Waals surface area contributed by atoms with Gasteiger partial charge in [0.2, 0.25) is 5.91 Å². The highest BCUT2D eigenvalue weighted by Gasteiger charge is 2.17. The number of benzene rings is 2. The highest BCUT2D eigenvalue weighted by Crippen LogP contribution is 2.33. The summed E-state index contributed by atoms with van der Waals surface area (Å²) in [4.78, 5) is 12.3. The SMILES string of the molecule is CCn1c(-c2cc(NC(=O)CCc3ccccc3)n[nH]2)c(C)c2ccccc21. The third kappa shape index (κ3) is 3.43. The fraction of sp³-hybridized carbons (Fsp3) is 0.217. The van der Waals surface area contributed by atoms with Crippen LogP contribution < -0.4 is 5.32 Å². The molecule has 5 nitrogen and oxygen atoms in total. The third-order valence-corrected chi connectivity index (χ3v) is 5.12. The average molecular weight is 372 g/mol. The van der Waals surface area contributed by atoms with Gasteiger partial charge in [0.05, 0.1) is 11.4 Å². The Balaban J connectivity index is 1.53. The van der Waals surface area contributed by atoms with Crippen molar-refractivity contribution in [1.82, 2.24) is 14.8 Å². The van der Waals surface area contributed by atoms with Crippen LogP contribution in [0.15, 0.2) is 60.7 Å². The summed E-state index contributed by atoms with van der Waals surface area (Å²) in [6.07, 6.45) is 1.15. The molecular formula is C23H24N4O. The minimum atomic E-state index is -0.0327. The molecule has 0 unspecified atom stereocenters. The van der Waals surface area contributed by atoms with E-state index in [0.717, 1.165) is 23.5 Å². The number of amides is 1. The van der Waals surface area contributed by atoms with Crippen molar-refractivity contribution < 1.29 is 4.79 Å². The Kier molecular flexibility index (Phi) is 4.98. The predicted octanol–water partition coefficient (Wildman–Crippen LogP) is 4.93. The fourth-order valence-electron chi connectivity index (χ4n) is 3.77. The van der Waals surface area contributed by atoms with E-state index in [2.05, 4.69) is 58.2 Å². The number of carbonyl (C=O) groups excluding carboxylic acids is 1. The number of hydrogen-bond donors (Lipinski definition) is 2. The Bertz CT molecular complexity index is 1110. The second-order valence-electron chi connectivity index (χ2n) is 6.94. The van der Waals surface area contributed by atoms with Crippen LogP contribution in [0.5, 0.6) is 0 Å². The van der Waals surface area contributed by atoms with Crippen molar-refractivity contribution in [1.29, 1.82) is 0 Å². The number of rotatable bonds is 6. The lowest BCUT2D eigenvalue weighted by atomic mass is 10.1. The zero-order valence-electron chi connectivity index (χ0n) is 16.2. The molecule has 5 heteroatoms. The van der Waals surface area contributed by atoms with Crippen LogP contribution in [0, 0.1) is 6.92 Å². The number of fused-ring (bicyclic) bond motifs is 1. The first-order valence-electron chi connectivity index (χ1n) is 9.64. The second-order valence-corrected chi connectivity index (χ2v) is 6.94. The summed E-state index contributed by atoms with van der Waals surface area (Å²) in [6, 6.07) is 20.3. The van der Waals surface area contributed by atoms with E-state index in [-0.39, 0.29) is 5.91 Å². The van der Waals surface area contributed by atoms with E-state index in [1.165, 1.54) is 16.5 Å². The van der Waals surface area contributed by atoms with Crippen molar-refractivity contribution in [2.75, 3.05) is 5.32 Å². The molecule has 28 heavy (non-hydrogen) atoms. The van der Waals surface area contributed by atoms with Crippen LogP contribution in [-0.4, -0.2) is 20.7 Å². The average Bonchev–Trinajstić information content (AvgIpc) is 3.29. The van der Waals surface area contributed by atoms with Crippen molar-refractivity contribution in [2.24, 2.45) is 0 Å². The van der Waals surface area contributed by atoms with Crippen molar-refractivity contribution in [3.63, 3.8) is 0 Å². The van der Waals surface area contributed by atoms with Gasteiger partial charge in [0.1, 0.15) is 0 Å². The molecule has 0 saturated carbocycles. The Morgan fingerprint density at radius 2 is 1.86 bits per heavy atom. The quantitative estimate of drug-likeness (QED) is 0.504. The predicted molar refractivity (Wildman–Crippen MR) is 113 cm³/mol. The van der Waals surface area contributed by atoms with E-state index in [9.17, 15) is 4.79 Å². The maximum absolute atomic E-state index is 12.3. The maximum Gasteiger partial charge on any atom is 0.225 e. The molecular weight excluding hydrogens is 348 g/mol. The number of nitrogens with zero attached hydrogens (tertiary/aromatic N) is 2. The Morgan fingerprint density at radius 1 is 1.11 bits per heavy atom. The van der Waals surface area contributed by atoms with Gasteiger partial charge < -0.3 is 9.88 Å². The zero-order chi connectivity index (χ0) is 19.5. The number of aromatic amines is 1. The molecule has 4 aromatic rings. The van der Waals surface area contributed by atoms with Crippen molar-refractivity contribution in [3.05, 3.63) is 71.8 Å². The van der Waals surface area contributed by atoms with Gasteiger partial charge in [0.25, 0.3) is 0 Å². The molecule has 0 aliphatic heterocycles. The van der Waals surface area contributed by atoms with Crippen LogP contribution in [0.4, 0.5) is 5.82 Å². The monoisotopic (exact) mass is 372 g/mol. The number of aromatic nitrogens is 3. The van der Waals surface area contributed by atoms with Crippen molar-refractivity contribution in [3.8, 4) is 11.4 Å².